The molecule has 136 valence electrons. The van der Waals surface area contributed by atoms with Crippen molar-refractivity contribution in [1.29, 1.82) is 0 Å². The Balaban J connectivity index is 1.90. The van der Waals surface area contributed by atoms with Crippen LogP contribution < -0.4 is 9.47 Å². The molecule has 0 bridgehead atoms. The number of aromatic nitrogens is 2. The van der Waals surface area contributed by atoms with E-state index in [4.69, 9.17) is 14.5 Å². The third-order valence-corrected chi connectivity index (χ3v) is 4.58. The van der Waals surface area contributed by atoms with Gasteiger partial charge in [0.25, 0.3) is 0 Å². The standard InChI is InChI=1S/C22H26N2O2/c1-16(2)22-21(18-9-7-10-19(14-18)25-3)23-15-24(22)13-12-17-8-5-6-11-20(17)26-4/h5-11,14-16H,12-13H2,1-4H3. The highest BCUT2D eigenvalue weighted by atomic mass is 16.5. The highest BCUT2D eigenvalue weighted by molar-refractivity contribution is 5.64. The molecule has 1 aromatic heterocycles. The molecule has 0 atom stereocenters. The van der Waals surface area contributed by atoms with Gasteiger partial charge in [0.2, 0.25) is 0 Å². The lowest BCUT2D eigenvalue weighted by Crippen LogP contribution is -2.07. The van der Waals surface area contributed by atoms with Crippen molar-refractivity contribution in [1.82, 2.24) is 9.55 Å². The van der Waals surface area contributed by atoms with E-state index in [2.05, 4.69) is 36.6 Å². The Morgan fingerprint density at radius 2 is 1.81 bits per heavy atom. The number of para-hydroxylation sites is 1. The minimum absolute atomic E-state index is 0.372. The SMILES string of the molecule is COc1cccc(-c2ncn(CCc3ccccc3OC)c2C(C)C)c1. The van der Waals surface area contributed by atoms with E-state index in [0.717, 1.165) is 35.7 Å². The van der Waals surface area contributed by atoms with Gasteiger partial charge in [-0.25, -0.2) is 4.98 Å². The molecule has 0 aliphatic carbocycles. The number of benzene rings is 2. The first-order chi connectivity index (χ1) is 12.6. The lowest BCUT2D eigenvalue weighted by atomic mass is 10.0. The van der Waals surface area contributed by atoms with E-state index in [9.17, 15) is 0 Å². The van der Waals surface area contributed by atoms with E-state index < -0.39 is 0 Å². The third-order valence-electron chi connectivity index (χ3n) is 4.58. The quantitative estimate of drug-likeness (QED) is 0.606. The van der Waals surface area contributed by atoms with Gasteiger partial charge in [0.15, 0.2) is 0 Å². The molecule has 0 aliphatic rings. The Bertz CT molecular complexity index is 868. The van der Waals surface area contributed by atoms with Crippen LogP contribution in [0.4, 0.5) is 0 Å². The summed E-state index contributed by atoms with van der Waals surface area (Å²) in [6.45, 7) is 5.28. The van der Waals surface area contributed by atoms with Crippen LogP contribution in [0.15, 0.2) is 54.9 Å². The van der Waals surface area contributed by atoms with E-state index in [-0.39, 0.29) is 0 Å². The topological polar surface area (TPSA) is 36.3 Å². The van der Waals surface area contributed by atoms with E-state index in [1.54, 1.807) is 14.2 Å². The highest BCUT2D eigenvalue weighted by Gasteiger charge is 2.16. The van der Waals surface area contributed by atoms with Crippen LogP contribution in [0.5, 0.6) is 11.5 Å². The molecule has 0 saturated heterocycles. The fraction of sp³-hybridized carbons (Fsp3) is 0.318. The summed E-state index contributed by atoms with van der Waals surface area (Å²) < 4.78 is 13.1. The lowest BCUT2D eigenvalue weighted by molar-refractivity contribution is 0.408. The Kier molecular flexibility index (Phi) is 5.61. The van der Waals surface area contributed by atoms with E-state index in [1.165, 1.54) is 11.3 Å². The molecular weight excluding hydrogens is 324 g/mol. The van der Waals surface area contributed by atoms with Crippen molar-refractivity contribution in [3.8, 4) is 22.8 Å². The summed E-state index contributed by atoms with van der Waals surface area (Å²) >= 11 is 0. The van der Waals surface area contributed by atoms with Gasteiger partial charge >= 0.3 is 0 Å². The molecule has 3 rings (SSSR count). The monoisotopic (exact) mass is 350 g/mol. The number of imidazole rings is 1. The summed E-state index contributed by atoms with van der Waals surface area (Å²) in [7, 11) is 3.41. The summed E-state index contributed by atoms with van der Waals surface area (Å²) in [5, 5.41) is 0. The molecule has 0 aliphatic heterocycles. The average molecular weight is 350 g/mol. The second-order valence-electron chi connectivity index (χ2n) is 6.62. The molecule has 0 saturated carbocycles. The lowest BCUT2D eigenvalue weighted by Gasteiger charge is -2.14. The smallest absolute Gasteiger partial charge is 0.122 e. The molecule has 2 aromatic carbocycles. The van der Waals surface area contributed by atoms with Crippen molar-refractivity contribution in [2.75, 3.05) is 14.2 Å². The minimum atomic E-state index is 0.372. The van der Waals surface area contributed by atoms with Crippen molar-refractivity contribution in [2.45, 2.75) is 32.7 Å². The van der Waals surface area contributed by atoms with E-state index in [0.29, 0.717) is 5.92 Å². The maximum Gasteiger partial charge on any atom is 0.122 e. The van der Waals surface area contributed by atoms with Crippen molar-refractivity contribution in [3.05, 3.63) is 66.1 Å². The minimum Gasteiger partial charge on any atom is -0.497 e. The van der Waals surface area contributed by atoms with Gasteiger partial charge in [-0.05, 0) is 36.1 Å². The van der Waals surface area contributed by atoms with Crippen LogP contribution in [0.25, 0.3) is 11.3 Å². The zero-order valence-corrected chi connectivity index (χ0v) is 15.9. The van der Waals surface area contributed by atoms with Gasteiger partial charge in [0, 0.05) is 17.8 Å². The molecule has 0 spiro atoms. The molecule has 0 radical (unpaired) electrons. The first-order valence-corrected chi connectivity index (χ1v) is 8.95. The second kappa shape index (κ2) is 8.09. The first kappa shape index (κ1) is 18.1. The number of rotatable bonds is 7. The van der Waals surface area contributed by atoms with E-state index in [1.807, 2.05) is 36.7 Å². The van der Waals surface area contributed by atoms with Gasteiger partial charge in [0.05, 0.1) is 26.2 Å². The number of hydrogen-bond donors (Lipinski definition) is 0. The van der Waals surface area contributed by atoms with Gasteiger partial charge in [-0.3, -0.25) is 0 Å². The Hall–Kier alpha value is -2.75. The summed E-state index contributed by atoms with van der Waals surface area (Å²) in [4.78, 5) is 4.71. The van der Waals surface area contributed by atoms with Crippen LogP contribution in [-0.4, -0.2) is 23.8 Å². The molecule has 0 fully saturated rings. The number of methoxy groups -OCH3 is 2. The van der Waals surface area contributed by atoms with Crippen LogP contribution >= 0.6 is 0 Å². The largest absolute Gasteiger partial charge is 0.497 e. The first-order valence-electron chi connectivity index (χ1n) is 8.95. The predicted molar refractivity (Wildman–Crippen MR) is 105 cm³/mol. The molecule has 0 unspecified atom stereocenters. The van der Waals surface area contributed by atoms with Crippen molar-refractivity contribution >= 4 is 0 Å². The fourth-order valence-corrected chi connectivity index (χ4v) is 3.32. The normalized spacial score (nSPS) is 11.0. The second-order valence-corrected chi connectivity index (χ2v) is 6.62. The molecule has 0 N–H and O–H groups in total. The van der Waals surface area contributed by atoms with Crippen LogP contribution in [0.1, 0.15) is 31.0 Å². The predicted octanol–water partition coefficient (Wildman–Crippen LogP) is 4.93. The van der Waals surface area contributed by atoms with Gasteiger partial charge in [-0.2, -0.15) is 0 Å². The van der Waals surface area contributed by atoms with Crippen molar-refractivity contribution in [2.24, 2.45) is 0 Å². The van der Waals surface area contributed by atoms with E-state index >= 15 is 0 Å². The molecular formula is C22H26N2O2. The zero-order valence-electron chi connectivity index (χ0n) is 15.9. The molecule has 26 heavy (non-hydrogen) atoms. The number of nitrogens with zero attached hydrogens (tertiary/aromatic N) is 2. The molecule has 4 nitrogen and oxygen atoms in total. The fourth-order valence-electron chi connectivity index (χ4n) is 3.32. The maximum atomic E-state index is 5.47. The summed E-state index contributed by atoms with van der Waals surface area (Å²) in [6.07, 6.45) is 2.84. The molecule has 0 amide bonds. The van der Waals surface area contributed by atoms with Gasteiger partial charge in [-0.1, -0.05) is 44.2 Å². The third kappa shape index (κ3) is 3.74. The van der Waals surface area contributed by atoms with Gasteiger partial charge < -0.3 is 14.0 Å². The number of aryl methyl sites for hydroxylation is 2. The Morgan fingerprint density at radius 1 is 1.00 bits per heavy atom. The van der Waals surface area contributed by atoms with Gasteiger partial charge in [0.1, 0.15) is 11.5 Å². The Morgan fingerprint density at radius 3 is 2.54 bits per heavy atom. The van der Waals surface area contributed by atoms with Crippen LogP contribution in [-0.2, 0) is 13.0 Å². The summed E-state index contributed by atoms with van der Waals surface area (Å²) in [6, 6.07) is 16.3. The van der Waals surface area contributed by atoms with Crippen LogP contribution in [0.2, 0.25) is 0 Å². The molecule has 3 aromatic rings. The van der Waals surface area contributed by atoms with Crippen molar-refractivity contribution < 1.29 is 9.47 Å². The Labute approximate surface area is 155 Å². The van der Waals surface area contributed by atoms with Gasteiger partial charge in [-0.15, -0.1) is 0 Å². The summed E-state index contributed by atoms with van der Waals surface area (Å²) in [5.41, 5.74) is 4.57. The molecule has 4 heteroatoms. The number of hydrogen-bond acceptors (Lipinski definition) is 3. The maximum absolute atomic E-state index is 5.47. The molecule has 1 heterocycles. The highest BCUT2D eigenvalue weighted by Crippen LogP contribution is 2.30. The van der Waals surface area contributed by atoms with Crippen molar-refractivity contribution in [3.63, 3.8) is 0 Å². The number of ether oxygens (including phenoxy) is 2. The van der Waals surface area contributed by atoms with Crippen LogP contribution in [0, 0.1) is 0 Å². The average Bonchev–Trinajstić information content (AvgIpc) is 3.11. The summed E-state index contributed by atoms with van der Waals surface area (Å²) in [5.74, 6) is 2.16. The van der Waals surface area contributed by atoms with Crippen LogP contribution in [0.3, 0.4) is 0 Å². The zero-order chi connectivity index (χ0) is 18.5.